The Morgan fingerprint density at radius 1 is 1.35 bits per heavy atom. The lowest BCUT2D eigenvalue weighted by atomic mass is 10.1. The van der Waals surface area contributed by atoms with Crippen molar-refractivity contribution in [3.05, 3.63) is 53.2 Å². The minimum atomic E-state index is -0.964. The Kier molecular flexibility index (Phi) is 4.63. The number of rotatable bonds is 5. The summed E-state index contributed by atoms with van der Waals surface area (Å²) in [5.41, 5.74) is 2.47. The van der Waals surface area contributed by atoms with E-state index < -0.39 is 5.97 Å². The number of pyridine rings is 1. The number of benzene rings is 1. The van der Waals surface area contributed by atoms with Gasteiger partial charge in [-0.1, -0.05) is 17.7 Å². The third-order valence-electron chi connectivity index (χ3n) is 2.79. The molecule has 0 spiro atoms. The second-order valence-corrected chi connectivity index (χ2v) is 5.29. The molecule has 5 heteroatoms. The standard InChI is InChI=1S/C15H15NO3S/c1-10-3-5-13(19-2)12(7-10)9-20-14-6-4-11(8-16-14)15(17)18/h3-8H,9H2,1-2H3,(H,17,18). The number of methoxy groups -OCH3 is 1. The van der Waals surface area contributed by atoms with Crippen molar-refractivity contribution in [3.63, 3.8) is 0 Å². The summed E-state index contributed by atoms with van der Waals surface area (Å²) in [4.78, 5) is 14.9. The third-order valence-corrected chi connectivity index (χ3v) is 3.79. The maximum atomic E-state index is 10.7. The Bertz CT molecular complexity index is 611. The van der Waals surface area contributed by atoms with Crippen LogP contribution >= 0.6 is 11.8 Å². The molecule has 1 aromatic heterocycles. The Morgan fingerprint density at radius 2 is 2.15 bits per heavy atom. The first-order chi connectivity index (χ1) is 9.60. The van der Waals surface area contributed by atoms with Gasteiger partial charge >= 0.3 is 5.97 Å². The molecule has 0 aliphatic rings. The van der Waals surface area contributed by atoms with Crippen LogP contribution in [-0.4, -0.2) is 23.2 Å². The van der Waals surface area contributed by atoms with Crippen molar-refractivity contribution < 1.29 is 14.6 Å². The first-order valence-corrected chi connectivity index (χ1v) is 7.04. The van der Waals surface area contributed by atoms with E-state index in [2.05, 4.69) is 11.1 Å². The zero-order valence-electron chi connectivity index (χ0n) is 11.3. The van der Waals surface area contributed by atoms with Crippen molar-refractivity contribution in [3.8, 4) is 5.75 Å². The van der Waals surface area contributed by atoms with Crippen molar-refractivity contribution >= 4 is 17.7 Å². The smallest absolute Gasteiger partial charge is 0.337 e. The quantitative estimate of drug-likeness (QED) is 0.855. The van der Waals surface area contributed by atoms with E-state index in [0.717, 1.165) is 22.1 Å². The van der Waals surface area contributed by atoms with Crippen molar-refractivity contribution in [2.45, 2.75) is 17.7 Å². The second-order valence-electron chi connectivity index (χ2n) is 4.29. The largest absolute Gasteiger partial charge is 0.496 e. The molecule has 0 amide bonds. The van der Waals surface area contributed by atoms with Crippen LogP contribution in [-0.2, 0) is 5.75 Å². The molecule has 0 atom stereocenters. The number of thioether (sulfide) groups is 1. The number of aryl methyl sites for hydroxylation is 1. The summed E-state index contributed by atoms with van der Waals surface area (Å²) in [5.74, 6) is 0.615. The molecule has 0 fully saturated rings. The zero-order valence-corrected chi connectivity index (χ0v) is 12.1. The maximum absolute atomic E-state index is 10.7. The van der Waals surface area contributed by atoms with Crippen LogP contribution in [0.5, 0.6) is 5.75 Å². The zero-order chi connectivity index (χ0) is 14.5. The molecule has 1 N–H and O–H groups in total. The number of carboxylic acid groups (broad SMARTS) is 1. The molecule has 0 radical (unpaired) electrons. The molecule has 0 aliphatic heterocycles. The lowest BCUT2D eigenvalue weighted by Gasteiger charge is -2.09. The molecule has 20 heavy (non-hydrogen) atoms. The van der Waals surface area contributed by atoms with Gasteiger partial charge in [0, 0.05) is 17.5 Å². The molecule has 4 nitrogen and oxygen atoms in total. The number of carbonyl (C=O) groups is 1. The lowest BCUT2D eigenvalue weighted by Crippen LogP contribution is -1.97. The summed E-state index contributed by atoms with van der Waals surface area (Å²) in [6, 6.07) is 9.32. The van der Waals surface area contributed by atoms with Crippen molar-refractivity contribution in [2.24, 2.45) is 0 Å². The summed E-state index contributed by atoms with van der Waals surface area (Å²) in [6.07, 6.45) is 1.37. The molecule has 0 bridgehead atoms. The number of hydrogen-bond acceptors (Lipinski definition) is 4. The van der Waals surface area contributed by atoms with Gasteiger partial charge in [0.25, 0.3) is 0 Å². The summed E-state index contributed by atoms with van der Waals surface area (Å²) in [7, 11) is 1.65. The van der Waals surface area contributed by atoms with E-state index in [-0.39, 0.29) is 5.56 Å². The Morgan fingerprint density at radius 3 is 2.75 bits per heavy atom. The highest BCUT2D eigenvalue weighted by Crippen LogP contribution is 2.27. The molecule has 1 aromatic carbocycles. The van der Waals surface area contributed by atoms with Gasteiger partial charge in [-0.05, 0) is 25.1 Å². The van der Waals surface area contributed by atoms with E-state index in [0.29, 0.717) is 0 Å². The molecular weight excluding hydrogens is 274 g/mol. The van der Waals surface area contributed by atoms with Gasteiger partial charge in [-0.15, -0.1) is 11.8 Å². The summed E-state index contributed by atoms with van der Waals surface area (Å²) in [6.45, 7) is 2.04. The minimum absolute atomic E-state index is 0.197. The molecule has 0 unspecified atom stereocenters. The van der Waals surface area contributed by atoms with E-state index in [9.17, 15) is 4.79 Å². The van der Waals surface area contributed by atoms with Crippen LogP contribution in [0, 0.1) is 6.92 Å². The van der Waals surface area contributed by atoms with Gasteiger partial charge in [0.2, 0.25) is 0 Å². The van der Waals surface area contributed by atoms with Crippen LogP contribution in [0.2, 0.25) is 0 Å². The van der Waals surface area contributed by atoms with Crippen molar-refractivity contribution in [1.29, 1.82) is 0 Å². The third kappa shape index (κ3) is 3.51. The SMILES string of the molecule is COc1ccc(C)cc1CSc1ccc(C(=O)O)cn1. The molecule has 0 saturated heterocycles. The van der Waals surface area contributed by atoms with Gasteiger partial charge < -0.3 is 9.84 Å². The molecule has 0 saturated carbocycles. The number of ether oxygens (including phenoxy) is 1. The van der Waals surface area contributed by atoms with Crippen LogP contribution in [0.25, 0.3) is 0 Å². The van der Waals surface area contributed by atoms with Crippen LogP contribution in [0.4, 0.5) is 0 Å². The van der Waals surface area contributed by atoms with Gasteiger partial charge in [0.1, 0.15) is 5.75 Å². The molecular formula is C15H15NO3S. The van der Waals surface area contributed by atoms with E-state index in [4.69, 9.17) is 9.84 Å². The summed E-state index contributed by atoms with van der Waals surface area (Å²) < 4.78 is 5.33. The first-order valence-electron chi connectivity index (χ1n) is 6.06. The summed E-state index contributed by atoms with van der Waals surface area (Å²) >= 11 is 1.55. The fourth-order valence-corrected chi connectivity index (χ4v) is 2.58. The highest BCUT2D eigenvalue weighted by molar-refractivity contribution is 7.98. The fourth-order valence-electron chi connectivity index (χ4n) is 1.76. The van der Waals surface area contributed by atoms with Crippen LogP contribution in [0.1, 0.15) is 21.5 Å². The van der Waals surface area contributed by atoms with Gasteiger partial charge in [-0.25, -0.2) is 9.78 Å². The van der Waals surface area contributed by atoms with E-state index in [1.807, 2.05) is 19.1 Å². The number of hydrogen-bond donors (Lipinski definition) is 1. The van der Waals surface area contributed by atoms with Gasteiger partial charge in [-0.3, -0.25) is 0 Å². The van der Waals surface area contributed by atoms with E-state index in [1.54, 1.807) is 31.0 Å². The number of aromatic carboxylic acids is 1. The molecule has 1 heterocycles. The van der Waals surface area contributed by atoms with E-state index >= 15 is 0 Å². The number of aromatic nitrogens is 1. The van der Waals surface area contributed by atoms with Crippen molar-refractivity contribution in [1.82, 2.24) is 4.98 Å². The fraction of sp³-hybridized carbons (Fsp3) is 0.200. The van der Waals surface area contributed by atoms with E-state index in [1.165, 1.54) is 11.8 Å². The predicted molar refractivity (Wildman–Crippen MR) is 78.5 cm³/mol. The van der Waals surface area contributed by atoms with Crippen LogP contribution in [0.15, 0.2) is 41.6 Å². The highest BCUT2D eigenvalue weighted by atomic mass is 32.2. The van der Waals surface area contributed by atoms with Gasteiger partial charge in [0.15, 0.2) is 0 Å². The normalized spacial score (nSPS) is 10.3. The first kappa shape index (κ1) is 14.4. The molecule has 2 rings (SSSR count). The van der Waals surface area contributed by atoms with Gasteiger partial charge in [0.05, 0.1) is 17.7 Å². The number of carboxylic acids is 1. The van der Waals surface area contributed by atoms with Crippen LogP contribution in [0.3, 0.4) is 0 Å². The van der Waals surface area contributed by atoms with Crippen LogP contribution < -0.4 is 4.74 Å². The highest BCUT2D eigenvalue weighted by Gasteiger charge is 2.06. The van der Waals surface area contributed by atoms with Gasteiger partial charge in [-0.2, -0.15) is 0 Å². The monoisotopic (exact) mass is 289 g/mol. The average molecular weight is 289 g/mol. The second kappa shape index (κ2) is 6.43. The molecule has 2 aromatic rings. The topological polar surface area (TPSA) is 59.4 Å². The Labute approximate surface area is 121 Å². The summed E-state index contributed by atoms with van der Waals surface area (Å²) in [5, 5.41) is 9.61. The molecule has 104 valence electrons. The Hall–Kier alpha value is -2.01. The minimum Gasteiger partial charge on any atom is -0.496 e. The molecule has 0 aliphatic carbocycles. The average Bonchev–Trinajstić information content (AvgIpc) is 2.45. The Balaban J connectivity index is 2.08. The maximum Gasteiger partial charge on any atom is 0.337 e. The lowest BCUT2D eigenvalue weighted by molar-refractivity contribution is 0.0696. The number of nitrogens with zero attached hydrogens (tertiary/aromatic N) is 1. The predicted octanol–water partition coefficient (Wildman–Crippen LogP) is 3.39. The van der Waals surface area contributed by atoms with Crippen molar-refractivity contribution in [2.75, 3.05) is 7.11 Å².